The van der Waals surface area contributed by atoms with E-state index in [2.05, 4.69) is 35.5 Å². The number of aromatic amines is 2. The molecule has 0 bridgehead atoms. The van der Waals surface area contributed by atoms with E-state index in [0.717, 1.165) is 38.7 Å². The number of fused-ring (bicyclic) bond motifs is 2. The van der Waals surface area contributed by atoms with Gasteiger partial charge in [-0.1, -0.05) is 30.3 Å². The van der Waals surface area contributed by atoms with Gasteiger partial charge in [-0.15, -0.1) is 0 Å². The van der Waals surface area contributed by atoms with Gasteiger partial charge in [0.25, 0.3) is 0 Å². The van der Waals surface area contributed by atoms with E-state index in [1.165, 1.54) is 12.1 Å². The van der Waals surface area contributed by atoms with Crippen molar-refractivity contribution in [3.05, 3.63) is 109 Å². The molecule has 7 rings (SSSR count). The molecule has 2 aromatic carbocycles. The Kier molecular flexibility index (Phi) is 8.11. The maximum absolute atomic E-state index is 14.7. The molecule has 1 amide bonds. The van der Waals surface area contributed by atoms with Gasteiger partial charge in [-0.3, -0.25) is 19.9 Å². The number of likely N-dealkylation sites (N-methyl/N-ethyl adjacent to an activating group) is 1. The molecule has 0 aliphatic carbocycles. The minimum atomic E-state index is -0.379. The Morgan fingerprint density at radius 1 is 0.936 bits per heavy atom. The Bertz CT molecular complexity index is 2210. The fraction of sp³-hybridized carbons (Fsp3) is 0.139. The van der Waals surface area contributed by atoms with Crippen LogP contribution >= 0.6 is 0 Å². The highest BCUT2D eigenvalue weighted by atomic mass is 19.1. The number of amides is 1. The van der Waals surface area contributed by atoms with Crippen LogP contribution in [0.2, 0.25) is 0 Å². The summed E-state index contributed by atoms with van der Waals surface area (Å²) in [6.45, 7) is 1.16. The predicted molar refractivity (Wildman–Crippen MR) is 180 cm³/mol. The van der Waals surface area contributed by atoms with Crippen LogP contribution in [0.4, 0.5) is 10.1 Å². The van der Waals surface area contributed by atoms with Crippen molar-refractivity contribution in [2.75, 3.05) is 32.6 Å². The molecular formula is C36H31FN8O2. The number of halogens is 1. The Balaban J connectivity index is 1.18. The van der Waals surface area contributed by atoms with Gasteiger partial charge in [0.2, 0.25) is 5.91 Å². The van der Waals surface area contributed by atoms with Crippen molar-refractivity contribution in [1.29, 1.82) is 0 Å². The molecule has 234 valence electrons. The largest absolute Gasteiger partial charge is 0.492 e. The van der Waals surface area contributed by atoms with Crippen molar-refractivity contribution in [1.82, 2.24) is 35.0 Å². The van der Waals surface area contributed by atoms with E-state index in [4.69, 9.17) is 4.74 Å². The Morgan fingerprint density at radius 2 is 1.81 bits per heavy atom. The zero-order chi connectivity index (χ0) is 32.3. The smallest absolute Gasteiger partial charge is 0.228 e. The number of anilines is 1. The number of carbonyl (C=O) groups is 1. The molecule has 10 nitrogen and oxygen atoms in total. The van der Waals surface area contributed by atoms with Crippen molar-refractivity contribution in [3.63, 3.8) is 0 Å². The summed E-state index contributed by atoms with van der Waals surface area (Å²) in [5, 5.41) is 12.2. The fourth-order valence-electron chi connectivity index (χ4n) is 5.47. The fourth-order valence-corrected chi connectivity index (χ4v) is 5.47. The Morgan fingerprint density at radius 3 is 2.66 bits per heavy atom. The first-order valence-corrected chi connectivity index (χ1v) is 15.1. The minimum absolute atomic E-state index is 0.131. The average molecular weight is 627 g/mol. The summed E-state index contributed by atoms with van der Waals surface area (Å²) in [4.78, 5) is 31.5. The number of rotatable bonds is 10. The number of carbonyl (C=O) groups excluding carboxylic acids is 1. The number of nitrogens with zero attached hydrogens (tertiary/aromatic N) is 5. The zero-order valence-corrected chi connectivity index (χ0v) is 25.8. The van der Waals surface area contributed by atoms with Gasteiger partial charge in [-0.2, -0.15) is 5.10 Å². The highest BCUT2D eigenvalue weighted by Crippen LogP contribution is 2.35. The minimum Gasteiger partial charge on any atom is -0.492 e. The number of ether oxygens (including phenoxy) is 1. The maximum Gasteiger partial charge on any atom is 0.228 e. The number of aromatic nitrogens is 6. The van der Waals surface area contributed by atoms with Crippen molar-refractivity contribution in [2.24, 2.45) is 0 Å². The summed E-state index contributed by atoms with van der Waals surface area (Å²) in [6, 6.07) is 21.9. The van der Waals surface area contributed by atoms with Crippen molar-refractivity contribution >= 4 is 33.5 Å². The molecule has 0 radical (unpaired) electrons. The normalized spacial score (nSPS) is 11.4. The van der Waals surface area contributed by atoms with E-state index in [1.54, 1.807) is 24.8 Å². The van der Waals surface area contributed by atoms with Crippen LogP contribution in [0.1, 0.15) is 5.56 Å². The lowest BCUT2D eigenvalue weighted by atomic mass is 10.0. The first-order chi connectivity index (χ1) is 22.9. The second-order valence-electron chi connectivity index (χ2n) is 11.5. The molecule has 0 atom stereocenters. The summed E-state index contributed by atoms with van der Waals surface area (Å²) in [5.74, 6) is -0.0419. The summed E-state index contributed by atoms with van der Waals surface area (Å²) < 4.78 is 20.5. The van der Waals surface area contributed by atoms with E-state index in [0.29, 0.717) is 47.2 Å². The average Bonchev–Trinajstić information content (AvgIpc) is 3.69. The Labute approximate surface area is 269 Å². The van der Waals surface area contributed by atoms with E-state index in [-0.39, 0.29) is 18.1 Å². The highest BCUT2D eigenvalue weighted by Gasteiger charge is 2.17. The molecule has 11 heteroatoms. The van der Waals surface area contributed by atoms with Gasteiger partial charge >= 0.3 is 0 Å². The molecule has 3 N–H and O–H groups in total. The van der Waals surface area contributed by atoms with Crippen LogP contribution in [0.5, 0.6) is 5.75 Å². The van der Waals surface area contributed by atoms with Gasteiger partial charge in [-0.05, 0) is 67.2 Å². The lowest BCUT2D eigenvalue weighted by Crippen LogP contribution is -2.19. The number of nitrogens with one attached hydrogen (secondary N) is 3. The SMILES string of the molecule is CN(C)CCOc1cc(F)cc(-c2ccnc3[nH]c(-c4n[nH]c5cnc(-c6cncc(NC(=O)Cc7ccccc7)c6)cc45)cc23)c1. The third-order valence-corrected chi connectivity index (χ3v) is 7.75. The van der Waals surface area contributed by atoms with Crippen molar-refractivity contribution in [2.45, 2.75) is 6.42 Å². The summed E-state index contributed by atoms with van der Waals surface area (Å²) in [7, 11) is 3.92. The van der Waals surface area contributed by atoms with Crippen LogP contribution < -0.4 is 10.1 Å². The van der Waals surface area contributed by atoms with E-state index < -0.39 is 0 Å². The second-order valence-corrected chi connectivity index (χ2v) is 11.5. The number of benzene rings is 2. The van der Waals surface area contributed by atoms with Crippen LogP contribution in [0.25, 0.3) is 55.7 Å². The highest BCUT2D eigenvalue weighted by molar-refractivity contribution is 6.00. The van der Waals surface area contributed by atoms with Crippen LogP contribution in [0, 0.1) is 5.82 Å². The van der Waals surface area contributed by atoms with E-state index >= 15 is 0 Å². The first kappa shape index (κ1) is 29.8. The molecule has 0 fully saturated rings. The summed E-state index contributed by atoms with van der Waals surface area (Å²) >= 11 is 0. The molecule has 0 aliphatic rings. The number of hydrogen-bond acceptors (Lipinski definition) is 7. The van der Waals surface area contributed by atoms with Gasteiger partial charge < -0.3 is 19.9 Å². The van der Waals surface area contributed by atoms with E-state index in [9.17, 15) is 9.18 Å². The molecule has 0 aliphatic heterocycles. The van der Waals surface area contributed by atoms with Gasteiger partial charge in [0.15, 0.2) is 0 Å². The summed E-state index contributed by atoms with van der Waals surface area (Å²) in [6.07, 6.45) is 7.00. The van der Waals surface area contributed by atoms with Gasteiger partial charge in [0.05, 0.1) is 41.4 Å². The van der Waals surface area contributed by atoms with Crippen LogP contribution in [0.15, 0.2) is 97.6 Å². The van der Waals surface area contributed by atoms with E-state index in [1.807, 2.05) is 79.7 Å². The van der Waals surface area contributed by atoms with Crippen molar-refractivity contribution in [3.8, 4) is 39.5 Å². The van der Waals surface area contributed by atoms with Crippen LogP contribution in [0.3, 0.4) is 0 Å². The van der Waals surface area contributed by atoms with Crippen LogP contribution in [-0.2, 0) is 11.2 Å². The molecule has 0 unspecified atom stereocenters. The molecule has 0 saturated heterocycles. The topological polar surface area (TPSA) is 125 Å². The van der Waals surface area contributed by atoms with Crippen molar-refractivity contribution < 1.29 is 13.9 Å². The standard InChI is InChI=1S/C36H31FN8O2/c1-45(2)10-11-47-27-15-23(13-25(37)16-27)28-8-9-39-36-29(28)17-32(42-36)35-30-18-31(40-21-33(30)43-44-35)24-14-26(20-38-19-24)41-34(46)12-22-6-4-3-5-7-22/h3-9,13-21H,10-12H2,1-2H3,(H,39,42)(H,41,46)(H,43,44). The number of hydrogen-bond donors (Lipinski definition) is 3. The monoisotopic (exact) mass is 626 g/mol. The molecule has 47 heavy (non-hydrogen) atoms. The second kappa shape index (κ2) is 12.8. The molecule has 5 aromatic heterocycles. The molecular weight excluding hydrogens is 595 g/mol. The summed E-state index contributed by atoms with van der Waals surface area (Å²) in [5.41, 5.74) is 7.23. The maximum atomic E-state index is 14.7. The molecule has 0 spiro atoms. The lowest BCUT2D eigenvalue weighted by Gasteiger charge is -2.12. The molecule has 5 heterocycles. The van der Waals surface area contributed by atoms with Gasteiger partial charge in [-0.25, -0.2) is 9.37 Å². The lowest BCUT2D eigenvalue weighted by molar-refractivity contribution is -0.115. The van der Waals surface area contributed by atoms with Gasteiger partial charge in [0.1, 0.15) is 29.5 Å². The molecule has 0 saturated carbocycles. The Hall–Kier alpha value is -5.94. The quantitative estimate of drug-likeness (QED) is 0.159. The number of H-pyrrole nitrogens is 2. The first-order valence-electron chi connectivity index (χ1n) is 15.1. The van der Waals surface area contributed by atoms with Gasteiger partial charge in [0, 0.05) is 41.3 Å². The van der Waals surface area contributed by atoms with Crippen LogP contribution in [-0.4, -0.2) is 68.2 Å². The number of pyridine rings is 3. The zero-order valence-electron chi connectivity index (χ0n) is 25.8. The third kappa shape index (κ3) is 6.56. The third-order valence-electron chi connectivity index (χ3n) is 7.75. The predicted octanol–water partition coefficient (Wildman–Crippen LogP) is 6.49. The molecule has 7 aromatic rings.